The van der Waals surface area contributed by atoms with Crippen molar-refractivity contribution in [3.8, 4) is 0 Å². The first-order valence-electron chi connectivity index (χ1n) is 8.76. The highest BCUT2D eigenvalue weighted by molar-refractivity contribution is 7.93. The van der Waals surface area contributed by atoms with Gasteiger partial charge in [-0.05, 0) is 29.7 Å². The number of ether oxygens (including phenoxy) is 1. The number of sulfonamides is 1. The highest BCUT2D eigenvalue weighted by Gasteiger charge is 2.28. The van der Waals surface area contributed by atoms with Crippen molar-refractivity contribution in [1.82, 2.24) is 5.32 Å². The van der Waals surface area contributed by atoms with Crippen molar-refractivity contribution in [2.24, 2.45) is 0 Å². The van der Waals surface area contributed by atoms with Crippen LogP contribution in [-0.2, 0) is 21.4 Å². The Hall–Kier alpha value is -2.80. The Kier molecular flexibility index (Phi) is 6.13. The SMILES string of the molecule is O=C(NCC=Cc1cccc(N2CCCS2(=O)=O)c1)OCc1ccccc1. The standard InChI is InChI=1S/C20H22N2O4S/c23-20(26-16-18-7-2-1-3-8-18)21-12-5-10-17-9-4-11-19(15-17)22-13-6-14-27(22,24)25/h1-5,7-11,15H,6,12-14,16H2,(H,21,23). The zero-order valence-electron chi connectivity index (χ0n) is 14.9. The lowest BCUT2D eigenvalue weighted by molar-refractivity contribution is 0.141. The van der Waals surface area contributed by atoms with Crippen LogP contribution in [-0.4, -0.2) is 33.4 Å². The van der Waals surface area contributed by atoms with Crippen LogP contribution in [0, 0.1) is 0 Å². The number of nitrogens with one attached hydrogen (secondary N) is 1. The van der Waals surface area contributed by atoms with Gasteiger partial charge in [-0.3, -0.25) is 4.31 Å². The van der Waals surface area contributed by atoms with Gasteiger partial charge in [-0.25, -0.2) is 13.2 Å². The van der Waals surface area contributed by atoms with E-state index in [0.29, 0.717) is 25.2 Å². The molecule has 1 fully saturated rings. The van der Waals surface area contributed by atoms with Crippen molar-refractivity contribution in [2.75, 3.05) is 23.1 Å². The fourth-order valence-electron chi connectivity index (χ4n) is 2.82. The Morgan fingerprint density at radius 2 is 1.96 bits per heavy atom. The number of anilines is 1. The molecule has 6 nitrogen and oxygen atoms in total. The van der Waals surface area contributed by atoms with Gasteiger partial charge in [0.1, 0.15) is 6.61 Å². The minimum absolute atomic E-state index is 0.197. The summed E-state index contributed by atoms with van der Waals surface area (Å²) in [5.74, 6) is 0.197. The number of amides is 1. The fraction of sp³-hybridized carbons (Fsp3) is 0.250. The van der Waals surface area contributed by atoms with Gasteiger partial charge in [0.2, 0.25) is 10.0 Å². The molecular weight excluding hydrogens is 364 g/mol. The predicted octanol–water partition coefficient (Wildman–Crippen LogP) is 3.17. The molecule has 1 heterocycles. The average Bonchev–Trinajstić information content (AvgIpc) is 3.04. The van der Waals surface area contributed by atoms with Gasteiger partial charge in [0.05, 0.1) is 11.4 Å². The van der Waals surface area contributed by atoms with E-state index in [1.54, 1.807) is 12.1 Å². The van der Waals surface area contributed by atoms with Gasteiger partial charge in [0.15, 0.2) is 0 Å². The molecule has 0 spiro atoms. The first-order valence-corrected chi connectivity index (χ1v) is 10.4. The van der Waals surface area contributed by atoms with E-state index in [1.165, 1.54) is 4.31 Å². The summed E-state index contributed by atoms with van der Waals surface area (Å²) in [6.45, 7) is 1.06. The van der Waals surface area contributed by atoms with E-state index in [1.807, 2.05) is 54.6 Å². The molecule has 142 valence electrons. The molecular formula is C20H22N2O4S. The van der Waals surface area contributed by atoms with Crippen LogP contribution >= 0.6 is 0 Å². The summed E-state index contributed by atoms with van der Waals surface area (Å²) in [5.41, 5.74) is 2.47. The van der Waals surface area contributed by atoms with E-state index < -0.39 is 16.1 Å². The molecule has 0 aliphatic carbocycles. The largest absolute Gasteiger partial charge is 0.445 e. The van der Waals surface area contributed by atoms with E-state index in [-0.39, 0.29) is 12.4 Å². The summed E-state index contributed by atoms with van der Waals surface area (Å²) < 4.78 is 30.6. The summed E-state index contributed by atoms with van der Waals surface area (Å²) in [6.07, 6.45) is 3.79. The third-order valence-corrected chi connectivity index (χ3v) is 6.01. The number of benzene rings is 2. The maximum absolute atomic E-state index is 12.0. The molecule has 7 heteroatoms. The predicted molar refractivity (Wildman–Crippen MR) is 106 cm³/mol. The Bertz CT molecular complexity index is 911. The lowest BCUT2D eigenvalue weighted by atomic mass is 10.2. The second-order valence-electron chi connectivity index (χ2n) is 6.18. The molecule has 1 saturated heterocycles. The van der Waals surface area contributed by atoms with Crippen molar-refractivity contribution in [2.45, 2.75) is 13.0 Å². The van der Waals surface area contributed by atoms with Crippen molar-refractivity contribution in [3.63, 3.8) is 0 Å². The van der Waals surface area contributed by atoms with Crippen LogP contribution < -0.4 is 9.62 Å². The molecule has 0 saturated carbocycles. The molecule has 1 aliphatic rings. The van der Waals surface area contributed by atoms with Crippen molar-refractivity contribution < 1.29 is 17.9 Å². The number of nitrogens with zero attached hydrogens (tertiary/aromatic N) is 1. The quantitative estimate of drug-likeness (QED) is 0.827. The summed E-state index contributed by atoms with van der Waals surface area (Å²) in [6, 6.07) is 16.8. The average molecular weight is 386 g/mol. The van der Waals surface area contributed by atoms with Crippen molar-refractivity contribution >= 4 is 27.9 Å². The minimum Gasteiger partial charge on any atom is -0.445 e. The monoisotopic (exact) mass is 386 g/mol. The van der Waals surface area contributed by atoms with Crippen LogP contribution in [0.4, 0.5) is 10.5 Å². The number of rotatable bonds is 6. The maximum Gasteiger partial charge on any atom is 0.407 e. The maximum atomic E-state index is 12.0. The smallest absolute Gasteiger partial charge is 0.407 e. The Morgan fingerprint density at radius 3 is 2.70 bits per heavy atom. The lowest BCUT2D eigenvalue weighted by Gasteiger charge is -2.17. The normalized spacial score (nSPS) is 15.8. The molecule has 27 heavy (non-hydrogen) atoms. The first kappa shape index (κ1) is 19.0. The van der Waals surface area contributed by atoms with Crippen LogP contribution in [0.5, 0.6) is 0 Å². The van der Waals surface area contributed by atoms with E-state index in [2.05, 4.69) is 5.32 Å². The fourth-order valence-corrected chi connectivity index (χ4v) is 4.38. The number of carbonyl (C=O) groups excluding carboxylic acids is 1. The Balaban J connectivity index is 1.48. The van der Waals surface area contributed by atoms with Gasteiger partial charge < -0.3 is 10.1 Å². The molecule has 1 amide bonds. The number of alkyl carbamates (subject to hydrolysis) is 1. The number of hydrogen-bond donors (Lipinski definition) is 1. The summed E-state index contributed by atoms with van der Waals surface area (Å²) >= 11 is 0. The molecule has 3 rings (SSSR count). The summed E-state index contributed by atoms with van der Waals surface area (Å²) in [4.78, 5) is 11.7. The van der Waals surface area contributed by atoms with E-state index in [9.17, 15) is 13.2 Å². The zero-order chi connectivity index (χ0) is 19.1. The van der Waals surface area contributed by atoms with Gasteiger partial charge in [-0.15, -0.1) is 0 Å². The zero-order valence-corrected chi connectivity index (χ0v) is 15.7. The van der Waals surface area contributed by atoms with Gasteiger partial charge in [0, 0.05) is 13.1 Å². The molecule has 0 bridgehead atoms. The van der Waals surface area contributed by atoms with Gasteiger partial charge in [-0.1, -0.05) is 54.6 Å². The van der Waals surface area contributed by atoms with E-state index >= 15 is 0 Å². The topological polar surface area (TPSA) is 75.7 Å². The molecule has 0 unspecified atom stereocenters. The minimum atomic E-state index is -3.19. The van der Waals surface area contributed by atoms with Crippen LogP contribution in [0.1, 0.15) is 17.5 Å². The van der Waals surface area contributed by atoms with Crippen LogP contribution in [0.3, 0.4) is 0 Å². The highest BCUT2D eigenvalue weighted by Crippen LogP contribution is 2.25. The van der Waals surface area contributed by atoms with Crippen LogP contribution in [0.25, 0.3) is 6.08 Å². The van der Waals surface area contributed by atoms with Crippen LogP contribution in [0.2, 0.25) is 0 Å². The van der Waals surface area contributed by atoms with E-state index in [0.717, 1.165) is 11.1 Å². The molecule has 2 aromatic carbocycles. The van der Waals surface area contributed by atoms with Crippen molar-refractivity contribution in [3.05, 3.63) is 71.8 Å². The third kappa shape index (κ3) is 5.34. The second-order valence-corrected chi connectivity index (χ2v) is 8.19. The second kappa shape index (κ2) is 8.73. The Morgan fingerprint density at radius 1 is 1.15 bits per heavy atom. The van der Waals surface area contributed by atoms with Crippen LogP contribution in [0.15, 0.2) is 60.7 Å². The third-order valence-electron chi connectivity index (χ3n) is 4.14. The molecule has 0 aromatic heterocycles. The molecule has 0 atom stereocenters. The number of hydrogen-bond acceptors (Lipinski definition) is 4. The Labute approximate surface area is 159 Å². The number of carbonyl (C=O) groups is 1. The van der Waals surface area contributed by atoms with E-state index in [4.69, 9.17) is 4.74 Å². The lowest BCUT2D eigenvalue weighted by Crippen LogP contribution is -2.25. The van der Waals surface area contributed by atoms with Crippen molar-refractivity contribution in [1.29, 1.82) is 0 Å². The molecule has 2 aromatic rings. The van der Waals surface area contributed by atoms with Gasteiger partial charge in [-0.2, -0.15) is 0 Å². The molecule has 1 N–H and O–H groups in total. The highest BCUT2D eigenvalue weighted by atomic mass is 32.2. The van der Waals surface area contributed by atoms with Gasteiger partial charge in [0.25, 0.3) is 0 Å². The molecule has 1 aliphatic heterocycles. The van der Waals surface area contributed by atoms with Gasteiger partial charge >= 0.3 is 6.09 Å². The summed E-state index contributed by atoms with van der Waals surface area (Å²) in [7, 11) is -3.19. The summed E-state index contributed by atoms with van der Waals surface area (Å²) in [5, 5.41) is 2.65. The molecule has 0 radical (unpaired) electrons. The first-order chi connectivity index (χ1) is 13.0.